The van der Waals surface area contributed by atoms with Gasteiger partial charge in [0.1, 0.15) is 0 Å². The van der Waals surface area contributed by atoms with Crippen molar-refractivity contribution in [2.75, 3.05) is 39.3 Å². The molecule has 1 atom stereocenters. The molecule has 0 bridgehead atoms. The van der Waals surface area contributed by atoms with Crippen LogP contribution in [0.15, 0.2) is 23.1 Å². The molecule has 2 saturated heterocycles. The predicted octanol–water partition coefficient (Wildman–Crippen LogP) is 2.03. The van der Waals surface area contributed by atoms with Crippen LogP contribution in [0.3, 0.4) is 0 Å². The van der Waals surface area contributed by atoms with E-state index in [9.17, 15) is 21.6 Å². The molecule has 140 valence electrons. The van der Waals surface area contributed by atoms with Crippen LogP contribution in [0.4, 0.5) is 13.2 Å². The lowest BCUT2D eigenvalue weighted by Gasteiger charge is -2.37. The fourth-order valence-electron chi connectivity index (χ4n) is 3.35. The Kier molecular flexibility index (Phi) is 5.32. The topological polar surface area (TPSA) is 52.7 Å². The van der Waals surface area contributed by atoms with Crippen molar-refractivity contribution in [3.05, 3.63) is 28.8 Å². The number of hydrogen-bond donors (Lipinski definition) is 1. The van der Waals surface area contributed by atoms with Gasteiger partial charge in [-0.15, -0.1) is 0 Å². The molecule has 2 aliphatic rings. The molecule has 0 aromatic heterocycles. The molecule has 2 aliphatic heterocycles. The molecule has 1 aromatic rings. The average molecular weight is 398 g/mol. The van der Waals surface area contributed by atoms with Gasteiger partial charge in [0.25, 0.3) is 0 Å². The van der Waals surface area contributed by atoms with Crippen LogP contribution in [0, 0.1) is 0 Å². The van der Waals surface area contributed by atoms with E-state index in [0.29, 0.717) is 25.2 Å². The summed E-state index contributed by atoms with van der Waals surface area (Å²) < 4.78 is 66.3. The lowest BCUT2D eigenvalue weighted by Crippen LogP contribution is -2.52. The van der Waals surface area contributed by atoms with Gasteiger partial charge in [0.15, 0.2) is 0 Å². The summed E-state index contributed by atoms with van der Waals surface area (Å²) in [5, 5.41) is 3.11. The lowest BCUT2D eigenvalue weighted by molar-refractivity contribution is -0.139. The van der Waals surface area contributed by atoms with Gasteiger partial charge in [0, 0.05) is 43.8 Å². The first-order valence-electron chi connectivity index (χ1n) is 8.01. The third-order valence-corrected chi connectivity index (χ3v) is 6.88. The first-order valence-corrected chi connectivity index (χ1v) is 9.83. The van der Waals surface area contributed by atoms with Gasteiger partial charge in [-0.2, -0.15) is 17.5 Å². The minimum Gasteiger partial charge on any atom is -0.315 e. The number of hydrogen-bond acceptors (Lipinski definition) is 4. The van der Waals surface area contributed by atoms with Crippen molar-refractivity contribution in [2.45, 2.75) is 23.5 Å². The fourth-order valence-corrected chi connectivity index (χ4v) is 5.13. The molecule has 2 heterocycles. The van der Waals surface area contributed by atoms with Gasteiger partial charge in [0.05, 0.1) is 10.5 Å². The number of sulfonamides is 1. The summed E-state index contributed by atoms with van der Waals surface area (Å²) in [6.07, 6.45) is -3.78. The molecular weight excluding hydrogens is 379 g/mol. The highest BCUT2D eigenvalue weighted by atomic mass is 35.5. The number of piperazine rings is 1. The van der Waals surface area contributed by atoms with Gasteiger partial charge in [0.2, 0.25) is 10.0 Å². The second kappa shape index (κ2) is 7.03. The second-order valence-electron chi connectivity index (χ2n) is 6.22. The number of rotatable bonds is 3. The molecule has 0 saturated carbocycles. The summed E-state index contributed by atoms with van der Waals surface area (Å²) in [6, 6.07) is 3.14. The van der Waals surface area contributed by atoms with E-state index in [4.69, 9.17) is 11.6 Å². The zero-order valence-electron chi connectivity index (χ0n) is 13.4. The third kappa shape index (κ3) is 3.95. The maximum atomic E-state index is 13.2. The van der Waals surface area contributed by atoms with Crippen molar-refractivity contribution < 1.29 is 21.6 Å². The zero-order valence-corrected chi connectivity index (χ0v) is 15.0. The standard InChI is InChI=1S/C15H19ClF3N3O2S/c16-11-1-2-14(13(9-11)15(17,18)19)25(23,24)22-7-5-21(6-8-22)12-3-4-20-10-12/h1-2,9,12,20H,3-8,10H2. The van der Waals surface area contributed by atoms with Gasteiger partial charge in [-0.25, -0.2) is 8.42 Å². The van der Waals surface area contributed by atoms with Gasteiger partial charge in [-0.05, 0) is 31.2 Å². The molecule has 25 heavy (non-hydrogen) atoms. The van der Waals surface area contributed by atoms with Crippen LogP contribution in [-0.2, 0) is 16.2 Å². The Hall–Kier alpha value is -0.870. The Morgan fingerprint density at radius 1 is 1.16 bits per heavy atom. The molecule has 0 radical (unpaired) electrons. The molecule has 1 N–H and O–H groups in total. The first kappa shape index (κ1) is 18.9. The maximum Gasteiger partial charge on any atom is 0.417 e. The van der Waals surface area contributed by atoms with Crippen molar-refractivity contribution >= 4 is 21.6 Å². The summed E-state index contributed by atoms with van der Waals surface area (Å²) in [6.45, 7) is 3.18. The Bertz CT molecular complexity index is 728. The Morgan fingerprint density at radius 3 is 2.40 bits per heavy atom. The molecule has 0 aliphatic carbocycles. The van der Waals surface area contributed by atoms with E-state index < -0.39 is 26.7 Å². The third-order valence-electron chi connectivity index (χ3n) is 4.69. The second-order valence-corrected chi connectivity index (χ2v) is 8.57. The molecular formula is C15H19ClF3N3O2S. The summed E-state index contributed by atoms with van der Waals surface area (Å²) in [4.78, 5) is 1.46. The highest BCUT2D eigenvalue weighted by molar-refractivity contribution is 7.89. The molecule has 0 amide bonds. The highest BCUT2D eigenvalue weighted by Gasteiger charge is 2.40. The molecule has 5 nitrogen and oxygen atoms in total. The van der Waals surface area contributed by atoms with E-state index in [2.05, 4.69) is 10.2 Å². The first-order chi connectivity index (χ1) is 11.7. The van der Waals surface area contributed by atoms with Crippen LogP contribution in [0.25, 0.3) is 0 Å². The maximum absolute atomic E-state index is 13.2. The quantitative estimate of drug-likeness (QED) is 0.848. The molecule has 10 heteroatoms. The predicted molar refractivity (Wildman–Crippen MR) is 88.1 cm³/mol. The zero-order chi connectivity index (χ0) is 18.2. The fraction of sp³-hybridized carbons (Fsp3) is 0.600. The van der Waals surface area contributed by atoms with Crippen molar-refractivity contribution in [2.24, 2.45) is 0 Å². The van der Waals surface area contributed by atoms with Crippen LogP contribution < -0.4 is 5.32 Å². The lowest BCUT2D eigenvalue weighted by atomic mass is 10.2. The number of alkyl halides is 3. The molecule has 3 rings (SSSR count). The number of nitrogens with one attached hydrogen (secondary N) is 1. The van der Waals surface area contributed by atoms with Crippen LogP contribution >= 0.6 is 11.6 Å². The smallest absolute Gasteiger partial charge is 0.315 e. The average Bonchev–Trinajstić information content (AvgIpc) is 3.08. The largest absolute Gasteiger partial charge is 0.417 e. The van der Waals surface area contributed by atoms with Crippen molar-refractivity contribution in [3.8, 4) is 0 Å². The highest BCUT2D eigenvalue weighted by Crippen LogP contribution is 2.37. The van der Waals surface area contributed by atoms with Gasteiger partial charge in [-0.1, -0.05) is 11.6 Å². The Morgan fingerprint density at radius 2 is 1.84 bits per heavy atom. The van der Waals surface area contributed by atoms with Crippen molar-refractivity contribution in [1.29, 1.82) is 0 Å². The minimum absolute atomic E-state index is 0.148. The number of nitrogens with zero attached hydrogens (tertiary/aromatic N) is 2. The summed E-state index contributed by atoms with van der Waals surface area (Å²) in [5.41, 5.74) is -1.22. The van der Waals surface area contributed by atoms with E-state index in [1.165, 1.54) is 6.07 Å². The minimum atomic E-state index is -4.79. The normalized spacial score (nSPS) is 23.9. The summed E-state index contributed by atoms with van der Waals surface area (Å²) >= 11 is 5.63. The van der Waals surface area contributed by atoms with E-state index in [-0.39, 0.29) is 18.1 Å². The molecule has 2 fully saturated rings. The summed E-state index contributed by atoms with van der Waals surface area (Å²) in [7, 11) is -4.23. The van der Waals surface area contributed by atoms with Crippen LogP contribution in [0.1, 0.15) is 12.0 Å². The van der Waals surface area contributed by atoms with E-state index in [0.717, 1.165) is 29.9 Å². The SMILES string of the molecule is O=S(=O)(c1ccc(Cl)cc1C(F)(F)F)N1CCN(C2CCNC2)CC1. The van der Waals surface area contributed by atoms with Crippen LogP contribution in [-0.4, -0.2) is 62.9 Å². The van der Waals surface area contributed by atoms with Gasteiger partial charge < -0.3 is 5.32 Å². The van der Waals surface area contributed by atoms with E-state index in [1.807, 2.05) is 0 Å². The Balaban J connectivity index is 1.81. The van der Waals surface area contributed by atoms with E-state index >= 15 is 0 Å². The Labute approximate surface area is 149 Å². The molecule has 0 spiro atoms. The van der Waals surface area contributed by atoms with Gasteiger partial charge in [-0.3, -0.25) is 4.90 Å². The van der Waals surface area contributed by atoms with Crippen molar-refractivity contribution in [3.63, 3.8) is 0 Å². The van der Waals surface area contributed by atoms with E-state index in [1.54, 1.807) is 0 Å². The van der Waals surface area contributed by atoms with Gasteiger partial charge >= 0.3 is 6.18 Å². The number of halogens is 4. The van der Waals surface area contributed by atoms with Crippen molar-refractivity contribution in [1.82, 2.24) is 14.5 Å². The number of benzene rings is 1. The van der Waals surface area contributed by atoms with Crippen LogP contribution in [0.2, 0.25) is 5.02 Å². The summed E-state index contributed by atoms with van der Waals surface area (Å²) in [5.74, 6) is 0. The van der Waals surface area contributed by atoms with Crippen LogP contribution in [0.5, 0.6) is 0 Å². The monoisotopic (exact) mass is 397 g/mol. The molecule has 1 unspecified atom stereocenters. The molecule has 1 aromatic carbocycles.